The molecule has 0 saturated heterocycles. The summed E-state index contributed by atoms with van der Waals surface area (Å²) in [6.07, 6.45) is 0. The van der Waals surface area contributed by atoms with Crippen molar-refractivity contribution in [2.75, 3.05) is 0 Å². The summed E-state index contributed by atoms with van der Waals surface area (Å²) >= 11 is 5.99. The fourth-order valence-corrected chi connectivity index (χ4v) is 1.94. The molecule has 2 aromatic carbocycles. The molecule has 1 N–H and O–H groups in total. The molecule has 0 aliphatic heterocycles. The Kier molecular flexibility index (Phi) is 3.34. The third kappa shape index (κ3) is 2.36. The number of hydrogen-bond donors (Lipinski definition) is 1. The highest BCUT2D eigenvalue weighted by atomic mass is 35.5. The lowest BCUT2D eigenvalue weighted by Crippen LogP contribution is -2.01. The maximum Gasteiger partial charge on any atom is 0.338 e. The molecule has 4 heteroatoms. The van der Waals surface area contributed by atoms with E-state index in [0.717, 1.165) is 23.3 Å². The van der Waals surface area contributed by atoms with Gasteiger partial charge in [-0.05, 0) is 24.6 Å². The number of carboxylic acid groups (broad SMARTS) is 1. The molecule has 0 bridgehead atoms. The van der Waals surface area contributed by atoms with E-state index >= 15 is 0 Å². The number of aryl methyl sites for hydroxylation is 1. The molecule has 0 aliphatic rings. The highest BCUT2D eigenvalue weighted by Gasteiger charge is 2.14. The van der Waals surface area contributed by atoms with Gasteiger partial charge in [0.1, 0.15) is 5.82 Å². The van der Waals surface area contributed by atoms with Crippen molar-refractivity contribution in [2.24, 2.45) is 0 Å². The lowest BCUT2D eigenvalue weighted by molar-refractivity contribution is 0.0692. The first-order valence-electron chi connectivity index (χ1n) is 5.28. The van der Waals surface area contributed by atoms with E-state index in [0.29, 0.717) is 5.56 Å². The van der Waals surface area contributed by atoms with Gasteiger partial charge in [0.25, 0.3) is 0 Å². The topological polar surface area (TPSA) is 37.3 Å². The van der Waals surface area contributed by atoms with E-state index in [1.807, 2.05) is 31.2 Å². The first kappa shape index (κ1) is 12.6. The Labute approximate surface area is 109 Å². The van der Waals surface area contributed by atoms with Crippen molar-refractivity contribution in [1.29, 1.82) is 0 Å². The van der Waals surface area contributed by atoms with Crippen molar-refractivity contribution in [3.05, 3.63) is 58.4 Å². The summed E-state index contributed by atoms with van der Waals surface area (Å²) < 4.78 is 13.6. The molecule has 0 atom stereocenters. The van der Waals surface area contributed by atoms with Gasteiger partial charge in [0.15, 0.2) is 0 Å². The zero-order valence-electron chi connectivity index (χ0n) is 9.58. The molecule has 0 heterocycles. The Hall–Kier alpha value is -1.87. The van der Waals surface area contributed by atoms with Crippen molar-refractivity contribution in [1.82, 2.24) is 0 Å². The largest absolute Gasteiger partial charge is 0.478 e. The third-order valence-corrected chi connectivity index (χ3v) is 2.96. The van der Waals surface area contributed by atoms with Gasteiger partial charge >= 0.3 is 5.97 Å². The fourth-order valence-electron chi connectivity index (χ4n) is 1.67. The molecule has 18 heavy (non-hydrogen) atoms. The summed E-state index contributed by atoms with van der Waals surface area (Å²) in [7, 11) is 0. The second-order valence-corrected chi connectivity index (χ2v) is 4.39. The number of benzene rings is 2. The minimum atomic E-state index is -1.33. The van der Waals surface area contributed by atoms with Crippen LogP contribution in [0.15, 0.2) is 36.4 Å². The number of halogens is 2. The first-order valence-corrected chi connectivity index (χ1v) is 5.66. The van der Waals surface area contributed by atoms with Crippen LogP contribution in [0.3, 0.4) is 0 Å². The Bertz CT molecular complexity index is 606. The number of carboxylic acids is 1. The molecule has 0 aromatic heterocycles. The van der Waals surface area contributed by atoms with E-state index in [1.165, 1.54) is 0 Å². The SMILES string of the molecule is Cc1ccc(-c2cc(F)c(C(=O)O)cc2Cl)cc1. The van der Waals surface area contributed by atoms with E-state index in [-0.39, 0.29) is 5.02 Å². The van der Waals surface area contributed by atoms with E-state index < -0.39 is 17.3 Å². The fraction of sp³-hybridized carbons (Fsp3) is 0.0714. The highest BCUT2D eigenvalue weighted by Crippen LogP contribution is 2.30. The van der Waals surface area contributed by atoms with Gasteiger partial charge in [-0.2, -0.15) is 0 Å². The van der Waals surface area contributed by atoms with Crippen LogP contribution < -0.4 is 0 Å². The molecule has 92 valence electrons. The average molecular weight is 265 g/mol. The van der Waals surface area contributed by atoms with Crippen molar-refractivity contribution >= 4 is 17.6 Å². The van der Waals surface area contributed by atoms with Gasteiger partial charge in [0.05, 0.1) is 5.56 Å². The van der Waals surface area contributed by atoms with Gasteiger partial charge in [0, 0.05) is 10.6 Å². The second-order valence-electron chi connectivity index (χ2n) is 3.98. The van der Waals surface area contributed by atoms with Gasteiger partial charge in [-0.15, -0.1) is 0 Å². The molecule has 0 saturated carbocycles. The van der Waals surface area contributed by atoms with E-state index in [2.05, 4.69) is 0 Å². The summed E-state index contributed by atoms with van der Waals surface area (Å²) in [4.78, 5) is 10.8. The van der Waals surface area contributed by atoms with Crippen molar-refractivity contribution < 1.29 is 14.3 Å². The van der Waals surface area contributed by atoms with Crippen LogP contribution in [-0.2, 0) is 0 Å². The molecule has 0 spiro atoms. The Balaban J connectivity index is 2.56. The standard InChI is InChI=1S/C14H10ClFO2/c1-8-2-4-9(5-3-8)10-7-13(16)11(14(17)18)6-12(10)15/h2-7H,1H3,(H,17,18). The van der Waals surface area contributed by atoms with E-state index in [9.17, 15) is 9.18 Å². The maximum absolute atomic E-state index is 13.6. The Morgan fingerprint density at radius 1 is 1.22 bits per heavy atom. The van der Waals surface area contributed by atoms with Crippen LogP contribution >= 0.6 is 11.6 Å². The zero-order chi connectivity index (χ0) is 13.3. The Morgan fingerprint density at radius 2 is 1.83 bits per heavy atom. The number of hydrogen-bond acceptors (Lipinski definition) is 1. The number of carbonyl (C=O) groups is 1. The predicted octanol–water partition coefficient (Wildman–Crippen LogP) is 4.15. The second kappa shape index (κ2) is 4.78. The molecule has 2 nitrogen and oxygen atoms in total. The normalized spacial score (nSPS) is 10.4. The van der Waals surface area contributed by atoms with Gasteiger partial charge in [-0.25, -0.2) is 9.18 Å². The quantitative estimate of drug-likeness (QED) is 0.885. The molecule has 2 aromatic rings. The van der Waals surface area contributed by atoms with Crippen molar-refractivity contribution in [2.45, 2.75) is 6.92 Å². The molecule has 0 radical (unpaired) electrons. The molecule has 2 rings (SSSR count). The third-order valence-electron chi connectivity index (χ3n) is 2.65. The summed E-state index contributed by atoms with van der Waals surface area (Å²) in [5, 5.41) is 9.01. The lowest BCUT2D eigenvalue weighted by atomic mass is 10.0. The summed E-state index contributed by atoms with van der Waals surface area (Å²) in [6, 6.07) is 9.68. The Morgan fingerprint density at radius 3 is 2.39 bits per heavy atom. The van der Waals surface area contributed by atoms with Crippen LogP contribution in [0.5, 0.6) is 0 Å². The van der Waals surface area contributed by atoms with Crippen LogP contribution in [-0.4, -0.2) is 11.1 Å². The van der Waals surface area contributed by atoms with Crippen LogP contribution in [0.2, 0.25) is 5.02 Å². The maximum atomic E-state index is 13.6. The molecule has 0 fully saturated rings. The zero-order valence-corrected chi connectivity index (χ0v) is 10.3. The van der Waals surface area contributed by atoms with Crippen LogP contribution in [0, 0.1) is 12.7 Å². The molecule has 0 unspecified atom stereocenters. The van der Waals surface area contributed by atoms with Crippen molar-refractivity contribution in [3.8, 4) is 11.1 Å². The van der Waals surface area contributed by atoms with Gasteiger partial charge < -0.3 is 5.11 Å². The van der Waals surface area contributed by atoms with Crippen LogP contribution in [0.25, 0.3) is 11.1 Å². The number of aromatic carboxylic acids is 1. The van der Waals surface area contributed by atoms with Crippen LogP contribution in [0.4, 0.5) is 4.39 Å². The van der Waals surface area contributed by atoms with E-state index in [4.69, 9.17) is 16.7 Å². The summed E-state index contributed by atoms with van der Waals surface area (Å²) in [6.45, 7) is 1.94. The minimum absolute atomic E-state index is 0.220. The number of rotatable bonds is 2. The molecule has 0 amide bonds. The molecular formula is C14H10ClFO2. The minimum Gasteiger partial charge on any atom is -0.478 e. The summed E-state index contributed by atoms with van der Waals surface area (Å²) in [5.74, 6) is -2.12. The van der Waals surface area contributed by atoms with Gasteiger partial charge in [-0.1, -0.05) is 41.4 Å². The van der Waals surface area contributed by atoms with Crippen molar-refractivity contribution in [3.63, 3.8) is 0 Å². The predicted molar refractivity (Wildman–Crippen MR) is 68.5 cm³/mol. The lowest BCUT2D eigenvalue weighted by Gasteiger charge is -2.07. The van der Waals surface area contributed by atoms with E-state index in [1.54, 1.807) is 0 Å². The average Bonchev–Trinajstić information content (AvgIpc) is 2.32. The summed E-state index contributed by atoms with van der Waals surface area (Å²) in [5.41, 5.74) is 1.90. The highest BCUT2D eigenvalue weighted by molar-refractivity contribution is 6.33. The molecular weight excluding hydrogens is 255 g/mol. The smallest absolute Gasteiger partial charge is 0.338 e. The monoisotopic (exact) mass is 264 g/mol. The first-order chi connectivity index (χ1) is 8.49. The van der Waals surface area contributed by atoms with Gasteiger partial charge in [0.2, 0.25) is 0 Å². The van der Waals surface area contributed by atoms with Gasteiger partial charge in [-0.3, -0.25) is 0 Å². The molecule has 0 aliphatic carbocycles. The van der Waals surface area contributed by atoms with Crippen LogP contribution in [0.1, 0.15) is 15.9 Å².